The molecule has 0 aliphatic carbocycles. The summed E-state index contributed by atoms with van der Waals surface area (Å²) >= 11 is 0. The third kappa shape index (κ3) is 3.06. The van der Waals surface area contributed by atoms with Crippen LogP contribution in [0.25, 0.3) is 16.9 Å². The van der Waals surface area contributed by atoms with Gasteiger partial charge in [0.05, 0.1) is 17.4 Å². The first kappa shape index (κ1) is 16.0. The fraction of sp³-hybridized carbons (Fsp3) is 0.182. The molecule has 1 aliphatic rings. The molecule has 1 aliphatic heterocycles. The summed E-state index contributed by atoms with van der Waals surface area (Å²) in [7, 11) is 0. The Balaban J connectivity index is 1.56. The summed E-state index contributed by atoms with van der Waals surface area (Å²) in [6, 6.07) is 20.6. The molecule has 2 aromatic carbocycles. The summed E-state index contributed by atoms with van der Waals surface area (Å²) in [4.78, 5) is 9.73. The molecular weight excluding hydrogens is 334 g/mol. The summed E-state index contributed by atoms with van der Waals surface area (Å²) in [6.07, 6.45) is 4.19. The van der Waals surface area contributed by atoms with Gasteiger partial charge in [0.15, 0.2) is 0 Å². The molecule has 0 atom stereocenters. The summed E-state index contributed by atoms with van der Waals surface area (Å²) in [5, 5.41) is 8.09. The molecule has 2 N–H and O–H groups in total. The van der Waals surface area contributed by atoms with E-state index in [1.165, 1.54) is 5.56 Å². The molecule has 0 spiro atoms. The second-order valence-corrected chi connectivity index (χ2v) is 6.73. The van der Waals surface area contributed by atoms with Crippen molar-refractivity contribution >= 4 is 16.7 Å². The standard InChI is InChI=1S/C22H20N5/c1-2-6-16(7-3-1)14-24-21-18-15-23-12-10-19(18)25-22(26-21)27-13-11-17-8-4-5-9-20(17)27/h1-9,11,23H,10,12,14-15H2,(H,24,25,26). The lowest BCUT2D eigenvalue weighted by molar-refractivity contribution is 0.624. The third-order valence-corrected chi connectivity index (χ3v) is 4.95. The summed E-state index contributed by atoms with van der Waals surface area (Å²) in [5.74, 6) is 1.57. The van der Waals surface area contributed by atoms with Crippen molar-refractivity contribution in [1.82, 2.24) is 19.9 Å². The van der Waals surface area contributed by atoms with Gasteiger partial charge in [-0.2, -0.15) is 4.98 Å². The van der Waals surface area contributed by atoms with Crippen LogP contribution in [0.2, 0.25) is 0 Å². The minimum absolute atomic E-state index is 0.674. The first-order valence-corrected chi connectivity index (χ1v) is 9.25. The Morgan fingerprint density at radius 1 is 1.04 bits per heavy atom. The fourth-order valence-corrected chi connectivity index (χ4v) is 3.54. The van der Waals surface area contributed by atoms with Gasteiger partial charge in [0, 0.05) is 37.0 Å². The molecule has 4 aromatic rings. The number of para-hydroxylation sites is 1. The van der Waals surface area contributed by atoms with Crippen molar-refractivity contribution in [2.45, 2.75) is 19.5 Å². The second-order valence-electron chi connectivity index (χ2n) is 6.73. The van der Waals surface area contributed by atoms with Crippen LogP contribution >= 0.6 is 0 Å². The normalized spacial score (nSPS) is 13.5. The number of hydrogen-bond donors (Lipinski definition) is 2. The Bertz CT molecular complexity index is 1080. The Morgan fingerprint density at radius 3 is 2.81 bits per heavy atom. The maximum atomic E-state index is 4.86. The molecule has 5 nitrogen and oxygen atoms in total. The first-order chi connectivity index (χ1) is 13.4. The van der Waals surface area contributed by atoms with E-state index in [0.717, 1.165) is 54.0 Å². The molecule has 5 rings (SSSR count). The average molecular weight is 354 g/mol. The van der Waals surface area contributed by atoms with E-state index in [2.05, 4.69) is 53.2 Å². The number of hydrogen-bond acceptors (Lipinski definition) is 4. The fourth-order valence-electron chi connectivity index (χ4n) is 3.54. The van der Waals surface area contributed by atoms with Crippen molar-refractivity contribution < 1.29 is 0 Å². The van der Waals surface area contributed by atoms with Crippen LogP contribution in [0, 0.1) is 6.20 Å². The highest BCUT2D eigenvalue weighted by Crippen LogP contribution is 2.24. The molecule has 0 fully saturated rings. The zero-order chi connectivity index (χ0) is 18.1. The molecule has 0 unspecified atom stereocenters. The summed E-state index contributed by atoms with van der Waals surface area (Å²) in [6.45, 7) is 2.47. The summed E-state index contributed by atoms with van der Waals surface area (Å²) in [5.41, 5.74) is 4.58. The number of aromatic nitrogens is 3. The first-order valence-electron chi connectivity index (χ1n) is 9.25. The molecule has 0 saturated heterocycles. The van der Waals surface area contributed by atoms with Crippen LogP contribution in [-0.2, 0) is 19.5 Å². The van der Waals surface area contributed by atoms with Crippen LogP contribution in [0.4, 0.5) is 5.82 Å². The van der Waals surface area contributed by atoms with Gasteiger partial charge in [0.25, 0.3) is 0 Å². The Labute approximate surface area is 158 Å². The number of fused-ring (bicyclic) bond motifs is 2. The minimum Gasteiger partial charge on any atom is -0.366 e. The minimum atomic E-state index is 0.674. The van der Waals surface area contributed by atoms with Crippen LogP contribution in [0.15, 0.2) is 60.7 Å². The van der Waals surface area contributed by atoms with Gasteiger partial charge >= 0.3 is 0 Å². The van der Waals surface area contributed by atoms with Crippen molar-refractivity contribution in [3.63, 3.8) is 0 Å². The van der Waals surface area contributed by atoms with Gasteiger partial charge in [-0.25, -0.2) is 4.98 Å². The zero-order valence-electron chi connectivity index (χ0n) is 14.9. The SMILES string of the molecule is [c]1cc2ccccc2n1-c1nc2c(c(NCc3ccccc3)n1)CNCC2. The van der Waals surface area contributed by atoms with Gasteiger partial charge < -0.3 is 10.6 Å². The van der Waals surface area contributed by atoms with Crippen molar-refractivity contribution in [2.24, 2.45) is 0 Å². The highest BCUT2D eigenvalue weighted by molar-refractivity contribution is 5.81. The van der Waals surface area contributed by atoms with E-state index in [1.54, 1.807) is 0 Å². The van der Waals surface area contributed by atoms with E-state index in [0.29, 0.717) is 5.95 Å². The maximum Gasteiger partial charge on any atom is 0.236 e. The predicted molar refractivity (Wildman–Crippen MR) is 107 cm³/mol. The molecule has 5 heteroatoms. The van der Waals surface area contributed by atoms with Crippen molar-refractivity contribution in [2.75, 3.05) is 11.9 Å². The van der Waals surface area contributed by atoms with Crippen LogP contribution in [0.1, 0.15) is 16.8 Å². The molecular formula is C22H20N5. The predicted octanol–water partition coefficient (Wildman–Crippen LogP) is 3.48. The lowest BCUT2D eigenvalue weighted by Crippen LogP contribution is -2.27. The molecule has 3 heterocycles. The Kier molecular flexibility index (Phi) is 4.07. The highest BCUT2D eigenvalue weighted by atomic mass is 15.2. The van der Waals surface area contributed by atoms with Gasteiger partial charge in [-0.3, -0.25) is 4.57 Å². The molecule has 0 saturated carbocycles. The number of nitrogens with zero attached hydrogens (tertiary/aromatic N) is 3. The average Bonchev–Trinajstić information content (AvgIpc) is 3.17. The quantitative estimate of drug-likeness (QED) is 0.589. The maximum absolute atomic E-state index is 4.86. The second kappa shape index (κ2) is 6.85. The molecule has 0 bridgehead atoms. The van der Waals surface area contributed by atoms with Gasteiger partial charge in [0.2, 0.25) is 5.95 Å². The lowest BCUT2D eigenvalue weighted by Gasteiger charge is -2.21. The van der Waals surface area contributed by atoms with Gasteiger partial charge in [-0.1, -0.05) is 48.5 Å². The number of benzene rings is 2. The topological polar surface area (TPSA) is 54.8 Å². The van der Waals surface area contributed by atoms with E-state index in [4.69, 9.17) is 9.97 Å². The van der Waals surface area contributed by atoms with Crippen LogP contribution in [0.5, 0.6) is 0 Å². The largest absolute Gasteiger partial charge is 0.366 e. The molecule has 0 amide bonds. The van der Waals surface area contributed by atoms with E-state index in [1.807, 2.05) is 28.8 Å². The molecule has 133 valence electrons. The number of anilines is 1. The third-order valence-electron chi connectivity index (χ3n) is 4.95. The van der Waals surface area contributed by atoms with Crippen LogP contribution in [0.3, 0.4) is 0 Å². The number of rotatable bonds is 4. The zero-order valence-corrected chi connectivity index (χ0v) is 14.9. The van der Waals surface area contributed by atoms with Gasteiger partial charge in [-0.05, 0) is 17.7 Å². The summed E-state index contributed by atoms with van der Waals surface area (Å²) < 4.78 is 1.95. The Hall–Kier alpha value is -3.18. The number of nitrogens with one attached hydrogen (secondary N) is 2. The van der Waals surface area contributed by atoms with E-state index in [9.17, 15) is 0 Å². The monoisotopic (exact) mass is 354 g/mol. The Morgan fingerprint density at radius 2 is 1.89 bits per heavy atom. The van der Waals surface area contributed by atoms with Gasteiger partial charge in [-0.15, -0.1) is 0 Å². The van der Waals surface area contributed by atoms with Gasteiger partial charge in [0.1, 0.15) is 5.82 Å². The smallest absolute Gasteiger partial charge is 0.236 e. The molecule has 2 aromatic heterocycles. The molecule has 1 radical (unpaired) electrons. The van der Waals surface area contributed by atoms with Crippen molar-refractivity contribution in [3.8, 4) is 5.95 Å². The van der Waals surface area contributed by atoms with E-state index in [-0.39, 0.29) is 0 Å². The van der Waals surface area contributed by atoms with Crippen LogP contribution in [-0.4, -0.2) is 21.1 Å². The van der Waals surface area contributed by atoms with Crippen LogP contribution < -0.4 is 10.6 Å². The van der Waals surface area contributed by atoms with Crippen molar-refractivity contribution in [1.29, 1.82) is 0 Å². The molecule has 27 heavy (non-hydrogen) atoms. The lowest BCUT2D eigenvalue weighted by atomic mass is 10.1. The van der Waals surface area contributed by atoms with E-state index < -0.39 is 0 Å². The highest BCUT2D eigenvalue weighted by Gasteiger charge is 2.19. The van der Waals surface area contributed by atoms with E-state index >= 15 is 0 Å². The van der Waals surface area contributed by atoms with Crippen molar-refractivity contribution in [3.05, 3.63) is 83.7 Å².